The predicted molar refractivity (Wildman–Crippen MR) is 107 cm³/mol. The highest BCUT2D eigenvalue weighted by molar-refractivity contribution is 6.07. The largest absolute Gasteiger partial charge is 0.370 e. The summed E-state index contributed by atoms with van der Waals surface area (Å²) < 4.78 is 0. The molecule has 134 valence electrons. The zero-order valence-corrected chi connectivity index (χ0v) is 15.3. The average molecular weight is 348 g/mol. The van der Waals surface area contributed by atoms with Crippen LogP contribution in [-0.4, -0.2) is 29.0 Å². The molecule has 1 amide bonds. The van der Waals surface area contributed by atoms with Crippen molar-refractivity contribution in [3.05, 3.63) is 60.6 Å². The number of carbonyl (C=O) groups is 1. The number of hydrogen-bond donors (Lipinski definition) is 1. The van der Waals surface area contributed by atoms with Crippen LogP contribution in [0.25, 0.3) is 10.9 Å². The Labute approximate surface area is 154 Å². The van der Waals surface area contributed by atoms with Gasteiger partial charge in [0.2, 0.25) is 0 Å². The molecule has 0 radical (unpaired) electrons. The Morgan fingerprint density at radius 1 is 1.00 bits per heavy atom. The lowest BCUT2D eigenvalue weighted by Crippen LogP contribution is -2.25. The Morgan fingerprint density at radius 2 is 1.77 bits per heavy atom. The van der Waals surface area contributed by atoms with Gasteiger partial charge in [0, 0.05) is 24.7 Å². The number of carbonyl (C=O) groups excluding carboxylic acids is 1. The highest BCUT2D eigenvalue weighted by Crippen LogP contribution is 2.21. The molecule has 2 heterocycles. The monoisotopic (exact) mass is 348 g/mol. The standard InChI is InChI=1S/C21H24N4O/c1-3-13-25(14-4-2)17-10-11-19(23-15-17)21(26)24-18-9-5-7-16-8-6-12-22-20(16)18/h5-12,15H,3-4,13-14H2,1-2H3,(H,24,26). The number of nitrogens with one attached hydrogen (secondary N) is 1. The van der Waals surface area contributed by atoms with E-state index in [4.69, 9.17) is 0 Å². The zero-order chi connectivity index (χ0) is 18.4. The van der Waals surface area contributed by atoms with Crippen LogP contribution in [0.5, 0.6) is 0 Å². The summed E-state index contributed by atoms with van der Waals surface area (Å²) >= 11 is 0. The van der Waals surface area contributed by atoms with Crippen LogP contribution in [0.2, 0.25) is 0 Å². The maximum atomic E-state index is 12.6. The molecule has 5 nitrogen and oxygen atoms in total. The molecule has 2 aromatic heterocycles. The van der Waals surface area contributed by atoms with E-state index < -0.39 is 0 Å². The molecule has 26 heavy (non-hydrogen) atoms. The van der Waals surface area contributed by atoms with Gasteiger partial charge in [0.05, 0.1) is 23.1 Å². The van der Waals surface area contributed by atoms with Crippen molar-refractivity contribution < 1.29 is 4.79 Å². The number of anilines is 2. The number of fused-ring (bicyclic) bond motifs is 1. The number of rotatable bonds is 7. The molecule has 0 aliphatic heterocycles. The fourth-order valence-corrected chi connectivity index (χ4v) is 3.01. The van der Waals surface area contributed by atoms with Gasteiger partial charge in [0.25, 0.3) is 5.91 Å². The van der Waals surface area contributed by atoms with Crippen LogP contribution >= 0.6 is 0 Å². The molecule has 0 unspecified atom stereocenters. The summed E-state index contributed by atoms with van der Waals surface area (Å²) in [6, 6.07) is 13.3. The minimum Gasteiger partial charge on any atom is -0.370 e. The van der Waals surface area contributed by atoms with Gasteiger partial charge in [-0.2, -0.15) is 0 Å². The number of benzene rings is 1. The Kier molecular flexibility index (Phi) is 5.79. The summed E-state index contributed by atoms with van der Waals surface area (Å²) in [5.41, 5.74) is 2.92. The van der Waals surface area contributed by atoms with Gasteiger partial charge in [0.15, 0.2) is 0 Å². The normalized spacial score (nSPS) is 10.7. The van der Waals surface area contributed by atoms with Gasteiger partial charge in [-0.25, -0.2) is 4.98 Å². The number of para-hydroxylation sites is 1. The molecule has 1 N–H and O–H groups in total. The highest BCUT2D eigenvalue weighted by Gasteiger charge is 2.12. The van der Waals surface area contributed by atoms with Crippen molar-refractivity contribution in [2.24, 2.45) is 0 Å². The third-order valence-corrected chi connectivity index (χ3v) is 4.21. The van der Waals surface area contributed by atoms with E-state index in [2.05, 4.69) is 34.0 Å². The molecule has 0 spiro atoms. The van der Waals surface area contributed by atoms with Crippen molar-refractivity contribution in [3.63, 3.8) is 0 Å². The Hall–Kier alpha value is -2.95. The first-order valence-corrected chi connectivity index (χ1v) is 9.09. The van der Waals surface area contributed by atoms with E-state index in [1.165, 1.54) is 0 Å². The number of nitrogens with zero attached hydrogens (tertiary/aromatic N) is 3. The molecule has 0 aliphatic carbocycles. The molecule has 0 saturated carbocycles. The molecule has 0 atom stereocenters. The number of pyridine rings is 2. The minimum absolute atomic E-state index is 0.229. The minimum atomic E-state index is -0.229. The van der Waals surface area contributed by atoms with Gasteiger partial charge >= 0.3 is 0 Å². The van der Waals surface area contributed by atoms with Gasteiger partial charge in [-0.15, -0.1) is 0 Å². The van der Waals surface area contributed by atoms with Crippen LogP contribution in [-0.2, 0) is 0 Å². The third kappa shape index (κ3) is 3.99. The maximum absolute atomic E-state index is 12.6. The van der Waals surface area contributed by atoms with Gasteiger partial charge in [-0.3, -0.25) is 9.78 Å². The third-order valence-electron chi connectivity index (χ3n) is 4.21. The Balaban J connectivity index is 1.77. The average Bonchev–Trinajstić information content (AvgIpc) is 2.68. The van der Waals surface area contributed by atoms with Crippen LogP contribution < -0.4 is 10.2 Å². The zero-order valence-electron chi connectivity index (χ0n) is 15.3. The predicted octanol–water partition coefficient (Wildman–Crippen LogP) is 4.51. The molecule has 5 heteroatoms. The number of amides is 1. The van der Waals surface area contributed by atoms with Gasteiger partial charge < -0.3 is 10.2 Å². The molecule has 3 rings (SSSR count). The van der Waals surface area contributed by atoms with Crippen LogP contribution in [0.1, 0.15) is 37.2 Å². The molecular weight excluding hydrogens is 324 g/mol. The van der Waals surface area contributed by atoms with E-state index in [9.17, 15) is 4.79 Å². The lowest BCUT2D eigenvalue weighted by Gasteiger charge is -2.23. The second-order valence-corrected chi connectivity index (χ2v) is 6.22. The van der Waals surface area contributed by atoms with E-state index >= 15 is 0 Å². The summed E-state index contributed by atoms with van der Waals surface area (Å²) in [5, 5.41) is 3.91. The topological polar surface area (TPSA) is 58.1 Å². The Bertz CT molecular complexity index is 865. The summed E-state index contributed by atoms with van der Waals surface area (Å²) in [5.74, 6) is -0.229. The van der Waals surface area contributed by atoms with E-state index in [1.807, 2.05) is 36.4 Å². The van der Waals surface area contributed by atoms with Crippen molar-refractivity contribution >= 4 is 28.2 Å². The fraction of sp³-hybridized carbons (Fsp3) is 0.286. The molecule has 0 saturated heterocycles. The summed E-state index contributed by atoms with van der Waals surface area (Å²) in [7, 11) is 0. The van der Waals surface area contributed by atoms with Crippen LogP contribution in [0.3, 0.4) is 0 Å². The molecule has 0 bridgehead atoms. The maximum Gasteiger partial charge on any atom is 0.274 e. The quantitative estimate of drug-likeness (QED) is 0.682. The van der Waals surface area contributed by atoms with Crippen LogP contribution in [0, 0.1) is 0 Å². The first-order chi connectivity index (χ1) is 12.7. The van der Waals surface area contributed by atoms with E-state index in [1.54, 1.807) is 18.5 Å². The second kappa shape index (κ2) is 8.43. The van der Waals surface area contributed by atoms with E-state index in [-0.39, 0.29) is 5.91 Å². The number of aromatic nitrogens is 2. The van der Waals surface area contributed by atoms with Crippen molar-refractivity contribution in [1.82, 2.24) is 9.97 Å². The van der Waals surface area contributed by atoms with Crippen molar-refractivity contribution in [1.29, 1.82) is 0 Å². The fourth-order valence-electron chi connectivity index (χ4n) is 3.01. The molecule has 0 fully saturated rings. The Morgan fingerprint density at radius 3 is 2.46 bits per heavy atom. The van der Waals surface area contributed by atoms with Crippen molar-refractivity contribution in [3.8, 4) is 0 Å². The smallest absolute Gasteiger partial charge is 0.274 e. The van der Waals surface area contributed by atoms with E-state index in [0.29, 0.717) is 11.4 Å². The lowest BCUT2D eigenvalue weighted by atomic mass is 10.2. The molecular formula is C21H24N4O. The molecule has 1 aromatic carbocycles. The van der Waals surface area contributed by atoms with Gasteiger partial charge in [-0.05, 0) is 37.1 Å². The summed E-state index contributed by atoms with van der Waals surface area (Å²) in [6.45, 7) is 6.30. The first-order valence-electron chi connectivity index (χ1n) is 9.09. The number of hydrogen-bond acceptors (Lipinski definition) is 4. The lowest BCUT2D eigenvalue weighted by molar-refractivity contribution is 0.102. The van der Waals surface area contributed by atoms with Crippen LogP contribution in [0.15, 0.2) is 54.9 Å². The highest BCUT2D eigenvalue weighted by atomic mass is 16.1. The van der Waals surface area contributed by atoms with Crippen molar-refractivity contribution in [2.45, 2.75) is 26.7 Å². The summed E-state index contributed by atoms with van der Waals surface area (Å²) in [6.07, 6.45) is 5.66. The van der Waals surface area contributed by atoms with Gasteiger partial charge in [0.1, 0.15) is 5.69 Å². The van der Waals surface area contributed by atoms with Crippen molar-refractivity contribution in [2.75, 3.05) is 23.3 Å². The van der Waals surface area contributed by atoms with E-state index in [0.717, 1.165) is 42.5 Å². The molecule has 3 aromatic rings. The first kappa shape index (κ1) is 17.9. The SMILES string of the molecule is CCCN(CCC)c1ccc(C(=O)Nc2cccc3cccnc23)nc1. The second-order valence-electron chi connectivity index (χ2n) is 6.22. The van der Waals surface area contributed by atoms with Crippen LogP contribution in [0.4, 0.5) is 11.4 Å². The molecule has 0 aliphatic rings. The summed E-state index contributed by atoms with van der Waals surface area (Å²) in [4.78, 5) is 23.6. The van der Waals surface area contributed by atoms with Gasteiger partial charge in [-0.1, -0.05) is 32.0 Å².